The predicted molar refractivity (Wildman–Crippen MR) is 84.5 cm³/mol. The Labute approximate surface area is 136 Å². The third kappa shape index (κ3) is 3.67. The van der Waals surface area contributed by atoms with Gasteiger partial charge in [-0.2, -0.15) is 0 Å². The normalized spacial score (nSPS) is 10.7. The summed E-state index contributed by atoms with van der Waals surface area (Å²) in [5, 5.41) is 10.8. The van der Waals surface area contributed by atoms with E-state index < -0.39 is 5.97 Å². The van der Waals surface area contributed by atoms with Crippen molar-refractivity contribution in [1.29, 1.82) is 0 Å². The van der Waals surface area contributed by atoms with E-state index in [0.29, 0.717) is 32.3 Å². The molecule has 1 aromatic heterocycles. The highest BCUT2D eigenvalue weighted by Gasteiger charge is 2.18. The lowest BCUT2D eigenvalue weighted by Crippen LogP contribution is -2.08. The van der Waals surface area contributed by atoms with Crippen LogP contribution in [0.5, 0.6) is 0 Å². The number of hydrogen-bond acceptors (Lipinski definition) is 4. The highest BCUT2D eigenvalue weighted by molar-refractivity contribution is 7.98. The first-order valence-electron chi connectivity index (χ1n) is 6.04. The number of benzene rings is 1. The molecule has 21 heavy (non-hydrogen) atoms. The van der Waals surface area contributed by atoms with Gasteiger partial charge in [-0.15, -0.1) is 11.8 Å². The molecule has 0 aliphatic heterocycles. The van der Waals surface area contributed by atoms with E-state index in [9.17, 15) is 9.90 Å². The average Bonchev–Trinajstić information content (AvgIpc) is 2.36. The van der Waals surface area contributed by atoms with Gasteiger partial charge in [0.15, 0.2) is 0 Å². The zero-order chi connectivity index (χ0) is 15.6. The Kier molecular flexibility index (Phi) is 5.08. The smallest absolute Gasteiger partial charge is 0.340 e. The minimum atomic E-state index is -1.04. The van der Waals surface area contributed by atoms with E-state index in [1.54, 1.807) is 32.0 Å². The molecule has 0 amide bonds. The first-order chi connectivity index (χ1) is 9.90. The molecular weight excluding hydrogens is 331 g/mol. The maximum Gasteiger partial charge on any atom is 0.340 e. The third-order valence-corrected chi connectivity index (χ3v) is 4.51. The Balaban J connectivity index is 2.34. The number of nitrogens with zero attached hydrogens (tertiary/aromatic N) is 2. The van der Waals surface area contributed by atoms with E-state index in [1.165, 1.54) is 11.8 Å². The van der Waals surface area contributed by atoms with Crippen LogP contribution in [-0.2, 0) is 5.75 Å². The molecule has 0 aliphatic rings. The van der Waals surface area contributed by atoms with Crippen molar-refractivity contribution in [3.8, 4) is 0 Å². The molecule has 4 nitrogen and oxygen atoms in total. The monoisotopic (exact) mass is 342 g/mol. The maximum absolute atomic E-state index is 11.4. The van der Waals surface area contributed by atoms with Crippen LogP contribution in [0.2, 0.25) is 10.0 Å². The highest BCUT2D eigenvalue weighted by Crippen LogP contribution is 2.32. The van der Waals surface area contributed by atoms with Crippen molar-refractivity contribution < 1.29 is 9.90 Å². The molecule has 0 saturated carbocycles. The fourth-order valence-electron chi connectivity index (χ4n) is 1.84. The van der Waals surface area contributed by atoms with Crippen LogP contribution in [0.4, 0.5) is 0 Å². The summed E-state index contributed by atoms with van der Waals surface area (Å²) in [6, 6.07) is 5.26. The second-order valence-corrected chi connectivity index (χ2v) is 6.11. The van der Waals surface area contributed by atoms with Crippen LogP contribution >= 0.6 is 35.0 Å². The lowest BCUT2D eigenvalue weighted by atomic mass is 10.2. The van der Waals surface area contributed by atoms with Gasteiger partial charge < -0.3 is 5.11 Å². The van der Waals surface area contributed by atoms with Crippen molar-refractivity contribution in [2.24, 2.45) is 0 Å². The number of carboxylic acid groups (broad SMARTS) is 1. The van der Waals surface area contributed by atoms with Gasteiger partial charge in [0.25, 0.3) is 0 Å². The highest BCUT2D eigenvalue weighted by atomic mass is 35.5. The van der Waals surface area contributed by atoms with E-state index in [1.807, 2.05) is 0 Å². The first-order valence-corrected chi connectivity index (χ1v) is 7.78. The van der Waals surface area contributed by atoms with E-state index in [2.05, 4.69) is 9.97 Å². The average molecular weight is 343 g/mol. The number of thioether (sulfide) groups is 1. The Morgan fingerprint density at radius 2 is 1.86 bits per heavy atom. The van der Waals surface area contributed by atoms with Crippen LogP contribution in [0.25, 0.3) is 0 Å². The van der Waals surface area contributed by atoms with Crippen molar-refractivity contribution in [3.05, 3.63) is 50.9 Å². The summed E-state index contributed by atoms with van der Waals surface area (Å²) in [7, 11) is 0. The zero-order valence-electron chi connectivity index (χ0n) is 11.4. The molecule has 7 heteroatoms. The van der Waals surface area contributed by atoms with Crippen LogP contribution in [0, 0.1) is 13.8 Å². The fourth-order valence-corrected chi connectivity index (χ4v) is 3.70. The van der Waals surface area contributed by atoms with E-state index in [-0.39, 0.29) is 5.56 Å². The molecule has 110 valence electrons. The van der Waals surface area contributed by atoms with Crippen molar-refractivity contribution in [1.82, 2.24) is 9.97 Å². The summed E-state index contributed by atoms with van der Waals surface area (Å²) in [6.45, 7) is 3.38. The number of carbonyl (C=O) groups is 1. The molecule has 1 heterocycles. The summed E-state index contributed by atoms with van der Waals surface area (Å²) >= 11 is 13.5. The Morgan fingerprint density at radius 3 is 2.43 bits per heavy atom. The SMILES string of the molecule is Cc1nc(C)c(C(=O)O)c(SCc2c(Cl)cccc2Cl)n1. The van der Waals surface area contributed by atoms with Crippen LogP contribution in [0.3, 0.4) is 0 Å². The van der Waals surface area contributed by atoms with Crippen LogP contribution in [-0.4, -0.2) is 21.0 Å². The molecule has 1 aromatic carbocycles. The molecule has 0 aliphatic carbocycles. The molecule has 2 aromatic rings. The quantitative estimate of drug-likeness (QED) is 0.659. The van der Waals surface area contributed by atoms with Gasteiger partial charge in [-0.1, -0.05) is 29.3 Å². The van der Waals surface area contributed by atoms with Crippen molar-refractivity contribution in [2.45, 2.75) is 24.6 Å². The summed E-state index contributed by atoms with van der Waals surface area (Å²) in [5.41, 5.74) is 1.33. The van der Waals surface area contributed by atoms with E-state index >= 15 is 0 Å². The number of aryl methyl sites for hydroxylation is 2. The van der Waals surface area contributed by atoms with Gasteiger partial charge in [0.05, 0.1) is 5.69 Å². The van der Waals surface area contributed by atoms with Gasteiger partial charge in [-0.05, 0) is 31.5 Å². The number of carboxylic acids is 1. The second-order valence-electron chi connectivity index (χ2n) is 4.33. The number of rotatable bonds is 4. The van der Waals surface area contributed by atoms with Crippen LogP contribution in [0.15, 0.2) is 23.2 Å². The molecule has 0 unspecified atom stereocenters. The van der Waals surface area contributed by atoms with Gasteiger partial charge >= 0.3 is 5.97 Å². The van der Waals surface area contributed by atoms with Crippen LogP contribution in [0.1, 0.15) is 27.4 Å². The molecule has 0 fully saturated rings. The van der Waals surface area contributed by atoms with Gasteiger partial charge in [0.2, 0.25) is 0 Å². The molecule has 2 rings (SSSR count). The Morgan fingerprint density at radius 1 is 1.24 bits per heavy atom. The number of aromatic carboxylic acids is 1. The molecule has 0 saturated heterocycles. The van der Waals surface area contributed by atoms with Gasteiger partial charge in [-0.25, -0.2) is 14.8 Å². The van der Waals surface area contributed by atoms with Crippen LogP contribution < -0.4 is 0 Å². The van der Waals surface area contributed by atoms with Crippen molar-refractivity contribution in [3.63, 3.8) is 0 Å². The third-order valence-electron chi connectivity index (χ3n) is 2.80. The lowest BCUT2D eigenvalue weighted by Gasteiger charge is -2.10. The largest absolute Gasteiger partial charge is 0.478 e. The minimum Gasteiger partial charge on any atom is -0.478 e. The number of aromatic nitrogens is 2. The van der Waals surface area contributed by atoms with Crippen molar-refractivity contribution >= 4 is 40.9 Å². The first kappa shape index (κ1) is 16.1. The van der Waals surface area contributed by atoms with E-state index in [0.717, 1.165) is 5.56 Å². The number of halogens is 2. The van der Waals surface area contributed by atoms with E-state index in [4.69, 9.17) is 23.2 Å². The minimum absolute atomic E-state index is 0.119. The molecule has 0 bridgehead atoms. The van der Waals surface area contributed by atoms with Gasteiger partial charge in [-0.3, -0.25) is 0 Å². The number of hydrogen-bond donors (Lipinski definition) is 1. The lowest BCUT2D eigenvalue weighted by molar-refractivity contribution is 0.0690. The second kappa shape index (κ2) is 6.64. The van der Waals surface area contributed by atoms with Crippen molar-refractivity contribution in [2.75, 3.05) is 0 Å². The fraction of sp³-hybridized carbons (Fsp3) is 0.214. The molecule has 0 atom stereocenters. The maximum atomic E-state index is 11.4. The summed E-state index contributed by atoms with van der Waals surface area (Å²) in [4.78, 5) is 19.7. The summed E-state index contributed by atoms with van der Waals surface area (Å²) in [5.74, 6) is -0.0696. The molecular formula is C14H12Cl2N2O2S. The summed E-state index contributed by atoms with van der Waals surface area (Å²) < 4.78 is 0. The topological polar surface area (TPSA) is 63.1 Å². The summed E-state index contributed by atoms with van der Waals surface area (Å²) in [6.07, 6.45) is 0. The molecule has 1 N–H and O–H groups in total. The predicted octanol–water partition coefficient (Wildman–Crippen LogP) is 4.39. The van der Waals surface area contributed by atoms with Gasteiger partial charge in [0, 0.05) is 15.8 Å². The molecule has 0 radical (unpaired) electrons. The molecule has 0 spiro atoms. The van der Waals surface area contributed by atoms with Gasteiger partial charge in [0.1, 0.15) is 16.4 Å². The standard InChI is InChI=1S/C14H12Cl2N2O2S/c1-7-12(14(19)20)13(18-8(2)17-7)21-6-9-10(15)4-3-5-11(9)16/h3-5H,6H2,1-2H3,(H,19,20). The Bertz CT molecular complexity index is 687. The zero-order valence-corrected chi connectivity index (χ0v) is 13.7. The Hall–Kier alpha value is -1.30.